The Morgan fingerprint density at radius 1 is 1.12 bits per heavy atom. The molecule has 1 amide bonds. The van der Waals surface area contributed by atoms with Gasteiger partial charge in [0.1, 0.15) is 0 Å². The maximum absolute atomic E-state index is 12.3. The summed E-state index contributed by atoms with van der Waals surface area (Å²) in [7, 11) is -2.26. The quantitative estimate of drug-likeness (QED) is 0.798. The van der Waals surface area contributed by atoms with Crippen molar-refractivity contribution >= 4 is 27.6 Å². The first-order chi connectivity index (χ1) is 12.4. The SMILES string of the molecule is CNS(=O)(=O)c1ccc(C(=O)OCC(=O)N2CCc3ccccc32)cc1. The number of carbonyl (C=O) groups excluding carboxylic acids is 2. The normalized spacial score (nSPS) is 13.3. The molecule has 1 aliphatic rings. The Labute approximate surface area is 151 Å². The van der Waals surface area contributed by atoms with E-state index >= 15 is 0 Å². The van der Waals surface area contributed by atoms with Crippen LogP contribution in [0.2, 0.25) is 0 Å². The zero-order valence-corrected chi connectivity index (χ0v) is 15.0. The second kappa shape index (κ2) is 7.27. The van der Waals surface area contributed by atoms with E-state index in [1.165, 1.54) is 31.3 Å². The largest absolute Gasteiger partial charge is 0.452 e. The van der Waals surface area contributed by atoms with Gasteiger partial charge in [-0.05, 0) is 49.4 Å². The van der Waals surface area contributed by atoms with Crippen molar-refractivity contribution in [2.75, 3.05) is 25.1 Å². The molecule has 1 aliphatic heterocycles. The molecule has 0 fully saturated rings. The van der Waals surface area contributed by atoms with Crippen molar-refractivity contribution in [2.45, 2.75) is 11.3 Å². The van der Waals surface area contributed by atoms with Crippen LogP contribution < -0.4 is 9.62 Å². The third-order valence-corrected chi connectivity index (χ3v) is 5.61. The molecule has 1 heterocycles. The fraction of sp³-hybridized carbons (Fsp3) is 0.222. The predicted octanol–water partition coefficient (Wildman–Crippen LogP) is 1.34. The van der Waals surface area contributed by atoms with Gasteiger partial charge in [0.25, 0.3) is 5.91 Å². The number of esters is 1. The van der Waals surface area contributed by atoms with Gasteiger partial charge in [-0.3, -0.25) is 4.79 Å². The molecule has 0 spiro atoms. The number of anilines is 1. The van der Waals surface area contributed by atoms with Crippen LogP contribution in [0.1, 0.15) is 15.9 Å². The number of nitrogens with zero attached hydrogens (tertiary/aromatic N) is 1. The lowest BCUT2D eigenvalue weighted by Gasteiger charge is -2.17. The average molecular weight is 374 g/mol. The van der Waals surface area contributed by atoms with Crippen LogP contribution in [0.25, 0.3) is 0 Å². The van der Waals surface area contributed by atoms with E-state index in [1.54, 1.807) is 4.90 Å². The Morgan fingerprint density at radius 3 is 2.50 bits per heavy atom. The highest BCUT2D eigenvalue weighted by Gasteiger charge is 2.25. The van der Waals surface area contributed by atoms with Crippen LogP contribution in [-0.4, -0.2) is 40.5 Å². The number of rotatable bonds is 5. The minimum atomic E-state index is -3.57. The second-order valence-electron chi connectivity index (χ2n) is 5.73. The number of para-hydroxylation sites is 1. The predicted molar refractivity (Wildman–Crippen MR) is 95.5 cm³/mol. The van der Waals surface area contributed by atoms with Gasteiger partial charge in [-0.2, -0.15) is 0 Å². The average Bonchev–Trinajstić information content (AvgIpc) is 3.10. The maximum Gasteiger partial charge on any atom is 0.338 e. The molecule has 0 saturated heterocycles. The molecule has 0 radical (unpaired) electrons. The van der Waals surface area contributed by atoms with Gasteiger partial charge < -0.3 is 9.64 Å². The number of hydrogen-bond donors (Lipinski definition) is 1. The number of benzene rings is 2. The monoisotopic (exact) mass is 374 g/mol. The molecule has 0 atom stereocenters. The minimum Gasteiger partial charge on any atom is -0.452 e. The fourth-order valence-corrected chi connectivity index (χ4v) is 3.50. The first-order valence-electron chi connectivity index (χ1n) is 8.01. The first kappa shape index (κ1) is 18.1. The number of sulfonamides is 1. The Balaban J connectivity index is 1.62. The van der Waals surface area contributed by atoms with Crippen molar-refractivity contribution in [2.24, 2.45) is 0 Å². The van der Waals surface area contributed by atoms with Gasteiger partial charge in [0.2, 0.25) is 10.0 Å². The fourth-order valence-electron chi connectivity index (χ4n) is 2.77. The Kier molecular flexibility index (Phi) is 5.06. The summed E-state index contributed by atoms with van der Waals surface area (Å²) < 4.78 is 30.6. The van der Waals surface area contributed by atoms with Crippen LogP contribution >= 0.6 is 0 Å². The summed E-state index contributed by atoms with van der Waals surface area (Å²) >= 11 is 0. The summed E-state index contributed by atoms with van der Waals surface area (Å²) in [5.41, 5.74) is 2.11. The van der Waals surface area contributed by atoms with Crippen LogP contribution in [0.4, 0.5) is 5.69 Å². The third-order valence-electron chi connectivity index (χ3n) is 4.18. The van der Waals surface area contributed by atoms with Crippen LogP contribution in [0.5, 0.6) is 0 Å². The van der Waals surface area contributed by atoms with E-state index in [2.05, 4.69) is 4.72 Å². The molecular weight excluding hydrogens is 356 g/mol. The lowest BCUT2D eigenvalue weighted by Crippen LogP contribution is -2.33. The molecule has 2 aromatic rings. The van der Waals surface area contributed by atoms with Crippen molar-refractivity contribution in [3.8, 4) is 0 Å². The molecule has 0 saturated carbocycles. The van der Waals surface area contributed by atoms with Gasteiger partial charge in [0, 0.05) is 12.2 Å². The molecule has 26 heavy (non-hydrogen) atoms. The molecule has 136 valence electrons. The highest BCUT2D eigenvalue weighted by atomic mass is 32.2. The molecule has 1 N–H and O–H groups in total. The Hall–Kier alpha value is -2.71. The van der Waals surface area contributed by atoms with Gasteiger partial charge >= 0.3 is 5.97 Å². The van der Waals surface area contributed by atoms with Crippen molar-refractivity contribution in [1.29, 1.82) is 0 Å². The zero-order valence-electron chi connectivity index (χ0n) is 14.1. The molecule has 0 aromatic heterocycles. The van der Waals surface area contributed by atoms with Gasteiger partial charge in [-0.25, -0.2) is 17.9 Å². The lowest BCUT2D eigenvalue weighted by atomic mass is 10.2. The summed E-state index contributed by atoms with van der Waals surface area (Å²) in [6.07, 6.45) is 0.775. The molecule has 0 bridgehead atoms. The number of amides is 1. The molecule has 0 unspecified atom stereocenters. The standard InChI is InChI=1S/C18H18N2O5S/c1-19-26(23,24)15-8-6-14(7-9-15)18(22)25-12-17(21)20-11-10-13-4-2-3-5-16(13)20/h2-9,19H,10-12H2,1H3. The minimum absolute atomic E-state index is 0.0429. The summed E-state index contributed by atoms with van der Waals surface area (Å²) in [5, 5.41) is 0. The van der Waals surface area contributed by atoms with Crippen molar-refractivity contribution < 1.29 is 22.7 Å². The van der Waals surface area contributed by atoms with E-state index in [0.717, 1.165) is 17.7 Å². The van der Waals surface area contributed by atoms with E-state index in [1.807, 2.05) is 24.3 Å². The third kappa shape index (κ3) is 3.61. The van der Waals surface area contributed by atoms with Crippen LogP contribution in [-0.2, 0) is 26.0 Å². The van der Waals surface area contributed by atoms with Gasteiger partial charge in [-0.15, -0.1) is 0 Å². The van der Waals surface area contributed by atoms with Gasteiger partial charge in [-0.1, -0.05) is 18.2 Å². The smallest absolute Gasteiger partial charge is 0.338 e. The molecule has 7 nitrogen and oxygen atoms in total. The molecule has 3 rings (SSSR count). The molecular formula is C18H18N2O5S. The summed E-state index contributed by atoms with van der Waals surface area (Å²) in [5.74, 6) is -0.975. The lowest BCUT2D eigenvalue weighted by molar-refractivity contribution is -0.121. The summed E-state index contributed by atoms with van der Waals surface area (Å²) in [6, 6.07) is 12.9. The molecule has 2 aromatic carbocycles. The highest BCUT2D eigenvalue weighted by Crippen LogP contribution is 2.27. The summed E-state index contributed by atoms with van der Waals surface area (Å²) in [4.78, 5) is 26.1. The number of fused-ring (bicyclic) bond motifs is 1. The Morgan fingerprint density at radius 2 is 1.81 bits per heavy atom. The summed E-state index contributed by atoms with van der Waals surface area (Å²) in [6.45, 7) is 0.191. The van der Waals surface area contributed by atoms with Gasteiger partial charge in [0.05, 0.1) is 10.5 Å². The van der Waals surface area contributed by atoms with E-state index in [0.29, 0.717) is 6.54 Å². The maximum atomic E-state index is 12.3. The van der Waals surface area contributed by atoms with Crippen molar-refractivity contribution in [3.05, 3.63) is 59.7 Å². The first-order valence-corrected chi connectivity index (χ1v) is 9.50. The van der Waals surface area contributed by atoms with Crippen molar-refractivity contribution in [1.82, 2.24) is 4.72 Å². The number of carbonyl (C=O) groups is 2. The number of ether oxygens (including phenoxy) is 1. The highest BCUT2D eigenvalue weighted by molar-refractivity contribution is 7.89. The molecule has 0 aliphatic carbocycles. The van der Waals surface area contributed by atoms with E-state index in [4.69, 9.17) is 4.74 Å². The van der Waals surface area contributed by atoms with E-state index < -0.39 is 16.0 Å². The van der Waals surface area contributed by atoms with E-state index in [-0.39, 0.29) is 23.0 Å². The topological polar surface area (TPSA) is 92.8 Å². The van der Waals surface area contributed by atoms with Gasteiger partial charge in [0.15, 0.2) is 6.61 Å². The van der Waals surface area contributed by atoms with Crippen LogP contribution in [0.15, 0.2) is 53.4 Å². The number of hydrogen-bond acceptors (Lipinski definition) is 5. The van der Waals surface area contributed by atoms with Crippen LogP contribution in [0, 0.1) is 0 Å². The number of nitrogens with one attached hydrogen (secondary N) is 1. The van der Waals surface area contributed by atoms with E-state index in [9.17, 15) is 18.0 Å². The van der Waals surface area contributed by atoms with Crippen LogP contribution in [0.3, 0.4) is 0 Å². The molecule has 8 heteroatoms. The zero-order chi connectivity index (χ0) is 18.7. The Bertz CT molecular complexity index is 938. The van der Waals surface area contributed by atoms with Crippen molar-refractivity contribution in [3.63, 3.8) is 0 Å². The second-order valence-corrected chi connectivity index (χ2v) is 7.62.